The number of H-pyrrole nitrogens is 1. The van der Waals surface area contributed by atoms with Crippen molar-refractivity contribution in [3.63, 3.8) is 0 Å². The van der Waals surface area contributed by atoms with Crippen molar-refractivity contribution in [1.29, 1.82) is 0 Å². The largest absolute Gasteiger partial charge is 0.359 e. The van der Waals surface area contributed by atoms with E-state index in [1.165, 1.54) is 6.07 Å². The van der Waals surface area contributed by atoms with E-state index in [1.54, 1.807) is 24.5 Å². The maximum absolute atomic E-state index is 13.5. The van der Waals surface area contributed by atoms with Gasteiger partial charge in [0.25, 0.3) is 0 Å². The van der Waals surface area contributed by atoms with Crippen LogP contribution in [0.15, 0.2) is 53.3 Å². The van der Waals surface area contributed by atoms with Gasteiger partial charge in [0.2, 0.25) is 0 Å². The van der Waals surface area contributed by atoms with Gasteiger partial charge in [0.15, 0.2) is 5.76 Å². The number of hydrogen-bond acceptors (Lipinski definition) is 4. The second kappa shape index (κ2) is 6.72. The summed E-state index contributed by atoms with van der Waals surface area (Å²) >= 11 is 0. The van der Waals surface area contributed by atoms with Crippen LogP contribution in [0.25, 0.3) is 22.2 Å². The number of benzene rings is 1. The lowest BCUT2D eigenvalue weighted by Crippen LogP contribution is -2.17. The Hall–Kier alpha value is -2.99. The topological polar surface area (TPSA) is 58.0 Å². The Morgan fingerprint density at radius 3 is 2.88 bits per heavy atom. The van der Waals surface area contributed by atoms with Gasteiger partial charge in [-0.2, -0.15) is 0 Å². The van der Waals surface area contributed by atoms with E-state index >= 15 is 0 Å². The summed E-state index contributed by atoms with van der Waals surface area (Å²) in [6.45, 7) is 3.33. The van der Waals surface area contributed by atoms with Crippen molar-refractivity contribution < 1.29 is 8.91 Å². The molecule has 0 saturated heterocycles. The van der Waals surface area contributed by atoms with Crippen LogP contribution in [-0.2, 0) is 13.1 Å². The van der Waals surface area contributed by atoms with Crippen molar-refractivity contribution >= 4 is 10.9 Å². The van der Waals surface area contributed by atoms with Crippen molar-refractivity contribution in [1.82, 2.24) is 20.0 Å². The SMILES string of the molecule is Cc1c(CN(C)Cc2cc(-c3cccnc3)no2)[nH]c2ccc(F)cc12. The van der Waals surface area contributed by atoms with Crippen LogP contribution in [0, 0.1) is 12.7 Å². The summed E-state index contributed by atoms with van der Waals surface area (Å²) in [6, 6.07) is 10.6. The van der Waals surface area contributed by atoms with Gasteiger partial charge in [-0.15, -0.1) is 0 Å². The first-order valence-electron chi connectivity index (χ1n) is 8.41. The normalized spacial score (nSPS) is 11.5. The molecule has 0 fully saturated rings. The Morgan fingerprint density at radius 1 is 1.19 bits per heavy atom. The molecule has 0 atom stereocenters. The molecular formula is C20H19FN4O. The molecule has 26 heavy (non-hydrogen) atoms. The molecule has 4 rings (SSSR count). The molecule has 0 amide bonds. The molecule has 0 radical (unpaired) electrons. The van der Waals surface area contributed by atoms with Crippen LogP contribution in [0.3, 0.4) is 0 Å². The maximum Gasteiger partial charge on any atom is 0.151 e. The van der Waals surface area contributed by atoms with Gasteiger partial charge in [0.1, 0.15) is 11.5 Å². The average molecular weight is 350 g/mol. The van der Waals surface area contributed by atoms with Gasteiger partial charge in [-0.1, -0.05) is 5.16 Å². The van der Waals surface area contributed by atoms with Crippen LogP contribution in [-0.4, -0.2) is 27.1 Å². The zero-order valence-electron chi connectivity index (χ0n) is 14.7. The molecule has 1 N–H and O–H groups in total. The Balaban J connectivity index is 1.48. The monoisotopic (exact) mass is 350 g/mol. The quantitative estimate of drug-likeness (QED) is 0.583. The molecule has 3 heterocycles. The summed E-state index contributed by atoms with van der Waals surface area (Å²) < 4.78 is 18.9. The van der Waals surface area contributed by atoms with Gasteiger partial charge in [-0.25, -0.2) is 4.39 Å². The minimum atomic E-state index is -0.218. The van der Waals surface area contributed by atoms with Gasteiger partial charge in [0, 0.05) is 47.2 Å². The number of nitrogens with one attached hydrogen (secondary N) is 1. The summed E-state index contributed by atoms with van der Waals surface area (Å²) in [5, 5.41) is 5.04. The average Bonchev–Trinajstić information content (AvgIpc) is 3.22. The van der Waals surface area contributed by atoms with Gasteiger partial charge in [-0.3, -0.25) is 9.88 Å². The van der Waals surface area contributed by atoms with Crippen LogP contribution in [0.2, 0.25) is 0 Å². The zero-order valence-corrected chi connectivity index (χ0v) is 14.7. The molecular weight excluding hydrogens is 331 g/mol. The fraction of sp³-hybridized carbons (Fsp3) is 0.200. The molecule has 0 spiro atoms. The number of fused-ring (bicyclic) bond motifs is 1. The summed E-state index contributed by atoms with van der Waals surface area (Å²) in [5.41, 5.74) is 4.79. The summed E-state index contributed by atoms with van der Waals surface area (Å²) in [5.74, 6) is 0.565. The predicted octanol–water partition coefficient (Wildman–Crippen LogP) is 4.30. The van der Waals surface area contributed by atoms with Crippen LogP contribution in [0.1, 0.15) is 17.0 Å². The van der Waals surface area contributed by atoms with Gasteiger partial charge in [-0.05, 0) is 49.9 Å². The number of aromatic amines is 1. The molecule has 0 saturated carbocycles. The van der Waals surface area contributed by atoms with Crippen molar-refractivity contribution in [2.75, 3.05) is 7.05 Å². The number of aromatic nitrogens is 3. The molecule has 132 valence electrons. The molecule has 0 aliphatic heterocycles. The molecule has 0 unspecified atom stereocenters. The Kier molecular flexibility index (Phi) is 4.26. The molecule has 0 aliphatic carbocycles. The number of rotatable bonds is 5. The predicted molar refractivity (Wildman–Crippen MR) is 97.9 cm³/mol. The van der Waals surface area contributed by atoms with E-state index in [2.05, 4.69) is 20.0 Å². The third kappa shape index (κ3) is 3.23. The van der Waals surface area contributed by atoms with Crippen molar-refractivity contribution in [3.8, 4) is 11.3 Å². The molecule has 5 nitrogen and oxygen atoms in total. The summed E-state index contributed by atoms with van der Waals surface area (Å²) in [7, 11) is 2.01. The van der Waals surface area contributed by atoms with Crippen molar-refractivity contribution in [2.24, 2.45) is 0 Å². The van der Waals surface area contributed by atoms with Crippen LogP contribution >= 0.6 is 0 Å². The number of pyridine rings is 1. The van der Waals surface area contributed by atoms with Crippen LogP contribution in [0.4, 0.5) is 4.39 Å². The van der Waals surface area contributed by atoms with E-state index in [0.717, 1.165) is 39.2 Å². The number of hydrogen-bond donors (Lipinski definition) is 1. The minimum absolute atomic E-state index is 0.218. The summed E-state index contributed by atoms with van der Waals surface area (Å²) in [6.07, 6.45) is 3.49. The van der Waals surface area contributed by atoms with Crippen molar-refractivity contribution in [3.05, 3.63) is 71.6 Å². The van der Waals surface area contributed by atoms with E-state index < -0.39 is 0 Å². The van der Waals surface area contributed by atoms with Gasteiger partial charge < -0.3 is 9.51 Å². The second-order valence-electron chi connectivity index (χ2n) is 6.51. The minimum Gasteiger partial charge on any atom is -0.359 e. The Labute approximate surface area is 150 Å². The highest BCUT2D eigenvalue weighted by molar-refractivity contribution is 5.84. The first-order chi connectivity index (χ1) is 12.6. The Bertz CT molecular complexity index is 1040. The Morgan fingerprint density at radius 2 is 2.08 bits per heavy atom. The van der Waals surface area contributed by atoms with Crippen molar-refractivity contribution in [2.45, 2.75) is 20.0 Å². The van der Waals surface area contributed by atoms with Gasteiger partial charge >= 0.3 is 0 Å². The fourth-order valence-corrected chi connectivity index (χ4v) is 3.14. The smallest absolute Gasteiger partial charge is 0.151 e. The highest BCUT2D eigenvalue weighted by atomic mass is 19.1. The van der Waals surface area contributed by atoms with E-state index in [9.17, 15) is 4.39 Å². The first kappa shape index (κ1) is 16.5. The zero-order chi connectivity index (χ0) is 18.1. The highest BCUT2D eigenvalue weighted by Crippen LogP contribution is 2.24. The number of aryl methyl sites for hydroxylation is 1. The number of nitrogens with zero attached hydrogens (tertiary/aromatic N) is 3. The van der Waals surface area contributed by atoms with E-state index in [1.807, 2.05) is 32.2 Å². The van der Waals surface area contributed by atoms with Crippen LogP contribution in [0.5, 0.6) is 0 Å². The molecule has 3 aromatic heterocycles. The summed E-state index contributed by atoms with van der Waals surface area (Å²) in [4.78, 5) is 9.60. The fourth-order valence-electron chi connectivity index (χ4n) is 3.14. The molecule has 4 aromatic rings. The lowest BCUT2D eigenvalue weighted by molar-refractivity contribution is 0.265. The van der Waals surface area contributed by atoms with Gasteiger partial charge in [0.05, 0.1) is 6.54 Å². The number of halogens is 1. The van der Waals surface area contributed by atoms with E-state index in [-0.39, 0.29) is 5.82 Å². The molecule has 6 heteroatoms. The first-order valence-corrected chi connectivity index (χ1v) is 8.41. The molecule has 1 aromatic carbocycles. The third-order valence-corrected chi connectivity index (χ3v) is 4.49. The van der Waals surface area contributed by atoms with Crippen LogP contribution < -0.4 is 0 Å². The standard InChI is InChI=1S/C20H19FN4O/c1-13-17-8-15(21)5-6-18(17)23-20(13)12-25(2)11-16-9-19(24-26-16)14-4-3-7-22-10-14/h3-10,23H,11-12H2,1-2H3. The van der Waals surface area contributed by atoms with E-state index in [4.69, 9.17) is 4.52 Å². The second-order valence-corrected chi connectivity index (χ2v) is 6.51. The highest BCUT2D eigenvalue weighted by Gasteiger charge is 2.13. The molecule has 0 bridgehead atoms. The lowest BCUT2D eigenvalue weighted by atomic mass is 10.1. The third-order valence-electron chi connectivity index (χ3n) is 4.49. The van der Waals surface area contributed by atoms with E-state index in [0.29, 0.717) is 13.1 Å². The lowest BCUT2D eigenvalue weighted by Gasteiger charge is -2.14. The maximum atomic E-state index is 13.5. The molecule has 0 aliphatic rings.